The molecule has 0 radical (unpaired) electrons. The highest BCUT2D eigenvalue weighted by Crippen LogP contribution is 2.23. The van der Waals surface area contributed by atoms with Crippen LogP contribution in [-0.2, 0) is 6.54 Å². The first-order valence-corrected chi connectivity index (χ1v) is 10.8. The lowest BCUT2D eigenvalue weighted by molar-refractivity contribution is 0.0950. The zero-order valence-electron chi connectivity index (χ0n) is 17.9. The first-order valence-electron chi connectivity index (χ1n) is 10.4. The van der Waals surface area contributed by atoms with Crippen molar-refractivity contribution in [3.63, 3.8) is 0 Å². The fourth-order valence-corrected chi connectivity index (χ4v) is 3.52. The maximum atomic E-state index is 12.5. The van der Waals surface area contributed by atoms with Gasteiger partial charge < -0.3 is 20.7 Å². The summed E-state index contributed by atoms with van der Waals surface area (Å²) < 4.78 is 5.67. The highest BCUT2D eigenvalue weighted by molar-refractivity contribution is 6.32. The first-order chi connectivity index (χ1) is 15.0. The fourth-order valence-electron chi connectivity index (χ4n) is 3.30. The van der Waals surface area contributed by atoms with Crippen LogP contribution in [0.2, 0.25) is 5.02 Å². The zero-order valence-corrected chi connectivity index (χ0v) is 18.7. The molecule has 8 heteroatoms. The molecular weight excluding hydrogens is 414 g/mol. The number of fused-ring (bicyclic) bond motifs is 1. The third kappa shape index (κ3) is 6.06. The number of carbonyl (C=O) groups excluding carboxylic acids is 1. The molecule has 0 unspecified atom stereocenters. The SMILES string of the molecule is CCN(CC)CCCOc1ncc(C(=O)NCc2ccc3c(N)nccc3c2)cc1Cl. The number of amides is 1. The average Bonchev–Trinajstić information content (AvgIpc) is 2.78. The Morgan fingerprint density at radius 2 is 2.00 bits per heavy atom. The maximum Gasteiger partial charge on any atom is 0.253 e. The molecule has 3 aromatic rings. The lowest BCUT2D eigenvalue weighted by Crippen LogP contribution is -2.25. The number of nitrogens with two attached hydrogens (primary N) is 1. The molecule has 0 saturated heterocycles. The van der Waals surface area contributed by atoms with Gasteiger partial charge in [-0.3, -0.25) is 4.79 Å². The molecule has 7 nitrogen and oxygen atoms in total. The molecule has 0 aliphatic heterocycles. The summed E-state index contributed by atoms with van der Waals surface area (Å²) in [5.41, 5.74) is 7.22. The molecular formula is C23H28ClN5O2. The monoisotopic (exact) mass is 441 g/mol. The number of benzene rings is 1. The summed E-state index contributed by atoms with van der Waals surface area (Å²) >= 11 is 6.27. The van der Waals surface area contributed by atoms with E-state index >= 15 is 0 Å². The summed E-state index contributed by atoms with van der Waals surface area (Å²) in [7, 11) is 0. The van der Waals surface area contributed by atoms with E-state index in [1.54, 1.807) is 12.3 Å². The molecule has 0 fully saturated rings. The number of halogens is 1. The van der Waals surface area contributed by atoms with Crippen molar-refractivity contribution >= 4 is 34.1 Å². The largest absolute Gasteiger partial charge is 0.477 e. The molecule has 0 atom stereocenters. The van der Waals surface area contributed by atoms with Crippen LogP contribution >= 0.6 is 11.6 Å². The topological polar surface area (TPSA) is 93.4 Å². The first kappa shape index (κ1) is 22.8. The predicted octanol–water partition coefficient (Wildman–Crippen LogP) is 3.91. The molecule has 0 aliphatic carbocycles. The average molecular weight is 442 g/mol. The van der Waals surface area contributed by atoms with Crippen molar-refractivity contribution in [3.05, 3.63) is 58.9 Å². The number of ether oxygens (including phenoxy) is 1. The van der Waals surface area contributed by atoms with Crippen LogP contribution in [0.4, 0.5) is 5.82 Å². The van der Waals surface area contributed by atoms with Crippen LogP contribution < -0.4 is 15.8 Å². The number of anilines is 1. The molecule has 0 spiro atoms. The number of nitrogens with one attached hydrogen (secondary N) is 1. The van der Waals surface area contributed by atoms with Crippen LogP contribution in [0.15, 0.2) is 42.7 Å². The Bertz CT molecular complexity index is 1040. The van der Waals surface area contributed by atoms with E-state index < -0.39 is 0 Å². The number of nitrogens with zero attached hydrogens (tertiary/aromatic N) is 3. The van der Waals surface area contributed by atoms with Gasteiger partial charge in [0.25, 0.3) is 5.91 Å². The molecule has 3 N–H and O–H groups in total. The Morgan fingerprint density at radius 3 is 2.74 bits per heavy atom. The number of hydrogen-bond acceptors (Lipinski definition) is 6. The third-order valence-corrected chi connectivity index (χ3v) is 5.40. The number of nitrogen functional groups attached to an aromatic ring is 1. The molecule has 3 rings (SSSR count). The third-order valence-electron chi connectivity index (χ3n) is 5.13. The standard InChI is InChI=1S/C23H28ClN5O2/c1-3-29(4-2)10-5-11-31-23-20(24)13-18(15-28-23)22(30)27-14-16-6-7-19-17(12-16)8-9-26-21(19)25/h6-9,12-13,15H,3-5,10-11,14H2,1-2H3,(H2,25,26)(H,27,30). The van der Waals surface area contributed by atoms with Crippen LogP contribution in [-0.4, -0.2) is 47.0 Å². The number of carbonyl (C=O) groups is 1. The van der Waals surface area contributed by atoms with E-state index in [0.29, 0.717) is 35.4 Å². The summed E-state index contributed by atoms with van der Waals surface area (Å²) in [5, 5.41) is 5.08. The zero-order chi connectivity index (χ0) is 22.2. The van der Waals surface area contributed by atoms with Crippen molar-refractivity contribution in [1.29, 1.82) is 0 Å². The Balaban J connectivity index is 1.54. The number of hydrogen-bond donors (Lipinski definition) is 2. The molecule has 2 heterocycles. The highest BCUT2D eigenvalue weighted by Gasteiger charge is 2.11. The van der Waals surface area contributed by atoms with E-state index in [1.807, 2.05) is 24.3 Å². The molecule has 1 aromatic carbocycles. The highest BCUT2D eigenvalue weighted by atomic mass is 35.5. The molecule has 0 aliphatic rings. The van der Waals surface area contributed by atoms with Crippen molar-refractivity contribution < 1.29 is 9.53 Å². The van der Waals surface area contributed by atoms with Crippen LogP contribution in [0.1, 0.15) is 36.2 Å². The Kier molecular flexibility index (Phi) is 8.03. The fraction of sp³-hybridized carbons (Fsp3) is 0.348. The number of pyridine rings is 2. The summed E-state index contributed by atoms with van der Waals surface area (Å²) in [6.45, 7) is 8.17. The molecule has 0 bridgehead atoms. The van der Waals surface area contributed by atoms with Gasteiger partial charge in [-0.15, -0.1) is 0 Å². The van der Waals surface area contributed by atoms with E-state index in [1.165, 1.54) is 6.20 Å². The van der Waals surface area contributed by atoms with E-state index in [2.05, 4.69) is 34.0 Å². The van der Waals surface area contributed by atoms with Crippen molar-refractivity contribution in [2.75, 3.05) is 32.0 Å². The molecule has 2 aromatic heterocycles. The molecule has 164 valence electrons. The minimum Gasteiger partial charge on any atom is -0.477 e. The van der Waals surface area contributed by atoms with Gasteiger partial charge in [-0.25, -0.2) is 9.97 Å². The van der Waals surface area contributed by atoms with Crippen molar-refractivity contribution in [2.24, 2.45) is 0 Å². The number of rotatable bonds is 10. The number of aromatic nitrogens is 2. The van der Waals surface area contributed by atoms with Gasteiger partial charge in [0.05, 0.1) is 12.2 Å². The summed E-state index contributed by atoms with van der Waals surface area (Å²) in [5.74, 6) is 0.583. The van der Waals surface area contributed by atoms with Crippen LogP contribution in [0, 0.1) is 0 Å². The molecule has 0 saturated carbocycles. The van der Waals surface area contributed by atoms with Gasteiger partial charge >= 0.3 is 0 Å². The Labute approximate surface area is 187 Å². The van der Waals surface area contributed by atoms with Gasteiger partial charge in [-0.1, -0.05) is 37.6 Å². The normalized spacial score (nSPS) is 11.1. The van der Waals surface area contributed by atoms with Gasteiger partial charge in [0.1, 0.15) is 10.8 Å². The maximum absolute atomic E-state index is 12.5. The second kappa shape index (κ2) is 10.9. The van der Waals surface area contributed by atoms with E-state index in [-0.39, 0.29) is 5.91 Å². The van der Waals surface area contributed by atoms with Crippen LogP contribution in [0.5, 0.6) is 5.88 Å². The lowest BCUT2D eigenvalue weighted by atomic mass is 10.1. The summed E-state index contributed by atoms with van der Waals surface area (Å²) in [6, 6.07) is 9.27. The quantitative estimate of drug-likeness (QED) is 0.463. The van der Waals surface area contributed by atoms with Gasteiger partial charge in [0, 0.05) is 30.9 Å². The smallest absolute Gasteiger partial charge is 0.253 e. The van der Waals surface area contributed by atoms with E-state index in [4.69, 9.17) is 22.1 Å². The Hall–Kier alpha value is -2.90. The van der Waals surface area contributed by atoms with Gasteiger partial charge in [0.2, 0.25) is 5.88 Å². The van der Waals surface area contributed by atoms with Crippen molar-refractivity contribution in [3.8, 4) is 5.88 Å². The summed E-state index contributed by atoms with van der Waals surface area (Å²) in [6.07, 6.45) is 4.03. The molecule has 31 heavy (non-hydrogen) atoms. The minimum absolute atomic E-state index is 0.253. The van der Waals surface area contributed by atoms with Gasteiger partial charge in [0.15, 0.2) is 0 Å². The van der Waals surface area contributed by atoms with Crippen molar-refractivity contribution in [1.82, 2.24) is 20.2 Å². The minimum atomic E-state index is -0.253. The van der Waals surface area contributed by atoms with Gasteiger partial charge in [-0.2, -0.15) is 0 Å². The Morgan fingerprint density at radius 1 is 1.19 bits per heavy atom. The summed E-state index contributed by atoms with van der Waals surface area (Å²) in [4.78, 5) is 23.1. The van der Waals surface area contributed by atoms with Crippen molar-refractivity contribution in [2.45, 2.75) is 26.8 Å². The lowest BCUT2D eigenvalue weighted by Gasteiger charge is -2.17. The second-order valence-electron chi connectivity index (χ2n) is 7.17. The molecule has 1 amide bonds. The van der Waals surface area contributed by atoms with Crippen LogP contribution in [0.25, 0.3) is 10.8 Å². The predicted molar refractivity (Wildman–Crippen MR) is 124 cm³/mol. The second-order valence-corrected chi connectivity index (χ2v) is 7.58. The van der Waals surface area contributed by atoms with Crippen LogP contribution in [0.3, 0.4) is 0 Å². The van der Waals surface area contributed by atoms with E-state index in [0.717, 1.165) is 42.4 Å². The van der Waals surface area contributed by atoms with Gasteiger partial charge in [-0.05, 0) is 48.7 Å². The van der Waals surface area contributed by atoms with E-state index in [9.17, 15) is 4.79 Å².